The fraction of sp³-hybridized carbons (Fsp3) is 0.364. The quantitative estimate of drug-likeness (QED) is 0.712. The van der Waals surface area contributed by atoms with Gasteiger partial charge < -0.3 is 4.74 Å². The first-order chi connectivity index (χ1) is 6.70. The summed E-state index contributed by atoms with van der Waals surface area (Å²) in [7, 11) is 1.58. The number of carbonyl (C=O) groups is 1. The second-order valence-corrected chi connectivity index (χ2v) is 3.88. The van der Waals surface area contributed by atoms with Crippen LogP contribution >= 0.6 is 11.6 Å². The first-order valence-electron chi connectivity index (χ1n) is 4.57. The number of carbonyl (C=O) groups excluding carboxylic acids is 1. The molecule has 3 heteroatoms. The number of hydrogen-bond donors (Lipinski definition) is 0. The van der Waals surface area contributed by atoms with Crippen molar-refractivity contribution in [2.45, 2.75) is 19.3 Å². The smallest absolute Gasteiger partial charge is 0.137 e. The van der Waals surface area contributed by atoms with Crippen molar-refractivity contribution in [3.8, 4) is 5.75 Å². The number of methoxy groups -OCH3 is 1. The zero-order chi connectivity index (χ0) is 10.1. The van der Waals surface area contributed by atoms with E-state index in [9.17, 15) is 4.79 Å². The second kappa shape index (κ2) is 3.62. The minimum absolute atomic E-state index is 0.293. The number of halogens is 1. The Labute approximate surface area is 87.8 Å². The van der Waals surface area contributed by atoms with Gasteiger partial charge in [0.1, 0.15) is 11.5 Å². The van der Waals surface area contributed by atoms with Gasteiger partial charge in [-0.1, -0.05) is 11.6 Å². The number of Topliss-reactive ketones (excluding diaryl/α,β-unsaturated/α-hetero) is 1. The number of ketones is 1. The van der Waals surface area contributed by atoms with Gasteiger partial charge >= 0.3 is 0 Å². The maximum Gasteiger partial charge on any atom is 0.137 e. The summed E-state index contributed by atoms with van der Waals surface area (Å²) in [6.45, 7) is 0. The van der Waals surface area contributed by atoms with Crippen LogP contribution in [0.5, 0.6) is 5.75 Å². The van der Waals surface area contributed by atoms with E-state index in [0.717, 1.165) is 12.0 Å². The highest BCUT2D eigenvalue weighted by atomic mass is 35.5. The van der Waals surface area contributed by atoms with Crippen molar-refractivity contribution in [3.63, 3.8) is 0 Å². The first-order valence-corrected chi connectivity index (χ1v) is 4.95. The fourth-order valence-electron chi connectivity index (χ4n) is 1.77. The number of fused-ring (bicyclic) bond motifs is 1. The molecule has 0 aromatic heterocycles. The zero-order valence-corrected chi connectivity index (χ0v) is 8.73. The van der Waals surface area contributed by atoms with Gasteiger partial charge in [0.2, 0.25) is 0 Å². The van der Waals surface area contributed by atoms with E-state index in [1.165, 1.54) is 5.56 Å². The molecule has 0 heterocycles. The molecule has 0 saturated carbocycles. The molecule has 0 atom stereocenters. The molecule has 0 radical (unpaired) electrons. The van der Waals surface area contributed by atoms with Crippen molar-refractivity contribution in [1.29, 1.82) is 0 Å². The molecule has 2 rings (SSSR count). The SMILES string of the molecule is COc1cc2c(cc1Cl)CCC(=O)C2. The second-order valence-electron chi connectivity index (χ2n) is 3.47. The molecule has 0 bridgehead atoms. The predicted octanol–water partition coefficient (Wildman–Crippen LogP) is 2.41. The van der Waals surface area contributed by atoms with Crippen LogP contribution in [0, 0.1) is 0 Å². The Morgan fingerprint density at radius 1 is 1.29 bits per heavy atom. The molecule has 0 N–H and O–H groups in total. The number of aryl methyl sites for hydroxylation is 1. The Balaban J connectivity index is 2.46. The summed E-state index contributed by atoms with van der Waals surface area (Å²) < 4.78 is 5.10. The summed E-state index contributed by atoms with van der Waals surface area (Å²) in [4.78, 5) is 11.2. The van der Waals surface area contributed by atoms with Crippen LogP contribution in [-0.4, -0.2) is 12.9 Å². The minimum Gasteiger partial charge on any atom is -0.495 e. The normalized spacial score (nSPS) is 15.1. The highest BCUT2D eigenvalue weighted by molar-refractivity contribution is 6.32. The van der Waals surface area contributed by atoms with Crippen molar-refractivity contribution in [2.24, 2.45) is 0 Å². The lowest BCUT2D eigenvalue weighted by molar-refractivity contribution is -0.118. The summed E-state index contributed by atoms with van der Waals surface area (Å²) in [5.74, 6) is 0.946. The molecular formula is C11H11ClO2. The standard InChI is InChI=1S/C11H11ClO2/c1-14-11-6-8-4-9(13)3-2-7(8)5-10(11)12/h5-6H,2-4H2,1H3. The van der Waals surface area contributed by atoms with Gasteiger partial charge in [0, 0.05) is 12.8 Å². The summed E-state index contributed by atoms with van der Waals surface area (Å²) in [6, 6.07) is 3.77. The van der Waals surface area contributed by atoms with Crippen molar-refractivity contribution in [2.75, 3.05) is 7.11 Å². The van der Waals surface area contributed by atoms with Crippen LogP contribution in [0.15, 0.2) is 12.1 Å². The number of rotatable bonds is 1. The van der Waals surface area contributed by atoms with E-state index in [-0.39, 0.29) is 0 Å². The summed E-state index contributed by atoms with van der Waals surface area (Å²) in [5, 5.41) is 0.626. The molecule has 0 unspecified atom stereocenters. The van der Waals surface area contributed by atoms with Crippen LogP contribution in [0.3, 0.4) is 0 Å². The highest BCUT2D eigenvalue weighted by Gasteiger charge is 2.17. The van der Waals surface area contributed by atoms with Crippen LogP contribution in [0.25, 0.3) is 0 Å². The van der Waals surface area contributed by atoms with Crippen molar-refractivity contribution in [1.82, 2.24) is 0 Å². The lowest BCUT2D eigenvalue weighted by Gasteiger charge is -2.16. The van der Waals surface area contributed by atoms with Gasteiger partial charge in [-0.3, -0.25) is 4.79 Å². The van der Waals surface area contributed by atoms with E-state index >= 15 is 0 Å². The zero-order valence-electron chi connectivity index (χ0n) is 7.97. The minimum atomic E-state index is 0.293. The number of hydrogen-bond acceptors (Lipinski definition) is 2. The van der Waals surface area contributed by atoms with Crippen LogP contribution in [0.1, 0.15) is 17.5 Å². The van der Waals surface area contributed by atoms with E-state index in [0.29, 0.717) is 29.4 Å². The molecule has 0 amide bonds. The molecule has 1 aromatic rings. The Morgan fingerprint density at radius 3 is 2.79 bits per heavy atom. The Bertz CT molecular complexity index is 385. The topological polar surface area (TPSA) is 26.3 Å². The van der Waals surface area contributed by atoms with E-state index < -0.39 is 0 Å². The molecule has 14 heavy (non-hydrogen) atoms. The van der Waals surface area contributed by atoms with Gasteiger partial charge in [-0.15, -0.1) is 0 Å². The molecule has 1 aliphatic carbocycles. The molecular weight excluding hydrogens is 200 g/mol. The van der Waals surface area contributed by atoms with Crippen molar-refractivity contribution >= 4 is 17.4 Å². The molecule has 0 saturated heterocycles. The van der Waals surface area contributed by atoms with Gasteiger partial charge in [0.15, 0.2) is 0 Å². The monoisotopic (exact) mass is 210 g/mol. The maximum atomic E-state index is 11.2. The van der Waals surface area contributed by atoms with Gasteiger partial charge in [-0.05, 0) is 29.7 Å². The van der Waals surface area contributed by atoms with E-state index in [4.69, 9.17) is 16.3 Å². The van der Waals surface area contributed by atoms with Gasteiger partial charge in [0.25, 0.3) is 0 Å². The van der Waals surface area contributed by atoms with E-state index in [1.54, 1.807) is 7.11 Å². The third kappa shape index (κ3) is 1.62. The molecule has 0 fully saturated rings. The van der Waals surface area contributed by atoms with E-state index in [1.807, 2.05) is 12.1 Å². The van der Waals surface area contributed by atoms with Gasteiger partial charge in [-0.25, -0.2) is 0 Å². The first kappa shape index (κ1) is 9.53. The fourth-order valence-corrected chi connectivity index (χ4v) is 2.03. The van der Waals surface area contributed by atoms with Crippen LogP contribution in [0.4, 0.5) is 0 Å². The Kier molecular flexibility index (Phi) is 2.46. The summed E-state index contributed by atoms with van der Waals surface area (Å²) >= 11 is 5.99. The van der Waals surface area contributed by atoms with Crippen molar-refractivity contribution < 1.29 is 9.53 Å². The lowest BCUT2D eigenvalue weighted by atomic mass is 9.91. The van der Waals surface area contributed by atoms with E-state index in [2.05, 4.69) is 0 Å². The third-order valence-electron chi connectivity index (χ3n) is 2.53. The Hall–Kier alpha value is -1.02. The molecule has 1 aromatic carbocycles. The van der Waals surface area contributed by atoms with Crippen molar-refractivity contribution in [3.05, 3.63) is 28.3 Å². The predicted molar refractivity (Wildman–Crippen MR) is 55.0 cm³/mol. The lowest BCUT2D eigenvalue weighted by Crippen LogP contribution is -2.13. The molecule has 2 nitrogen and oxygen atoms in total. The summed E-state index contributed by atoms with van der Waals surface area (Å²) in [6.07, 6.45) is 1.95. The highest BCUT2D eigenvalue weighted by Crippen LogP contribution is 2.31. The molecule has 1 aliphatic rings. The van der Waals surface area contributed by atoms with Crippen LogP contribution < -0.4 is 4.74 Å². The third-order valence-corrected chi connectivity index (χ3v) is 2.83. The summed E-state index contributed by atoms with van der Waals surface area (Å²) in [5.41, 5.74) is 2.23. The average molecular weight is 211 g/mol. The molecule has 0 spiro atoms. The maximum absolute atomic E-state index is 11.2. The average Bonchev–Trinajstić information content (AvgIpc) is 2.17. The van der Waals surface area contributed by atoms with Crippen LogP contribution in [-0.2, 0) is 17.6 Å². The molecule has 74 valence electrons. The van der Waals surface area contributed by atoms with Gasteiger partial charge in [-0.2, -0.15) is 0 Å². The molecule has 0 aliphatic heterocycles. The number of ether oxygens (including phenoxy) is 1. The Morgan fingerprint density at radius 2 is 2.07 bits per heavy atom. The largest absolute Gasteiger partial charge is 0.495 e. The number of benzene rings is 1. The van der Waals surface area contributed by atoms with Crippen LogP contribution in [0.2, 0.25) is 5.02 Å². The van der Waals surface area contributed by atoms with Gasteiger partial charge in [0.05, 0.1) is 12.1 Å².